The number of aryl methyl sites for hydroxylation is 1. The van der Waals surface area contributed by atoms with Crippen LogP contribution in [0.5, 0.6) is 11.5 Å². The van der Waals surface area contributed by atoms with Crippen molar-refractivity contribution in [1.82, 2.24) is 14.8 Å². The Hall–Kier alpha value is -3.83. The Kier molecular flexibility index (Phi) is 5.04. The quantitative estimate of drug-likeness (QED) is 0.465. The van der Waals surface area contributed by atoms with E-state index in [2.05, 4.69) is 11.2 Å². The maximum Gasteiger partial charge on any atom is 0.226 e. The van der Waals surface area contributed by atoms with Crippen molar-refractivity contribution in [2.24, 2.45) is 0 Å². The number of amides is 1. The molecule has 4 aromatic rings. The number of ether oxygens (including phenoxy) is 2. The number of nitrogens with one attached hydrogen (secondary N) is 1. The molecule has 1 amide bonds. The highest BCUT2D eigenvalue weighted by atomic mass is 32.1. The number of anilines is 1. The molecule has 0 aliphatic carbocycles. The smallest absolute Gasteiger partial charge is 0.226 e. The number of terminal acetylenes is 1. The number of rotatable bonds is 5. The summed E-state index contributed by atoms with van der Waals surface area (Å²) in [6, 6.07) is 13.4. The van der Waals surface area contributed by atoms with Gasteiger partial charge < -0.3 is 14.8 Å². The molecule has 0 radical (unpaired) electrons. The van der Waals surface area contributed by atoms with Gasteiger partial charge in [0.1, 0.15) is 23.9 Å². The van der Waals surface area contributed by atoms with Crippen molar-refractivity contribution >= 4 is 33.3 Å². The summed E-state index contributed by atoms with van der Waals surface area (Å²) in [6.07, 6.45) is 5.61. The van der Waals surface area contributed by atoms with Crippen molar-refractivity contribution < 1.29 is 14.3 Å². The number of hydrogen-bond donors (Lipinski definition) is 1. The third-order valence-electron chi connectivity index (χ3n) is 5.47. The molecule has 0 bridgehead atoms. The summed E-state index contributed by atoms with van der Waals surface area (Å²) in [5, 5.41) is 8.44. The molecule has 8 heteroatoms. The maximum atomic E-state index is 12.6. The second-order valence-electron chi connectivity index (χ2n) is 7.46. The number of nitrogens with zero attached hydrogens (tertiary/aromatic N) is 3. The van der Waals surface area contributed by atoms with Crippen molar-refractivity contribution in [1.29, 1.82) is 0 Å². The zero-order valence-corrected chi connectivity index (χ0v) is 18.4. The first-order chi connectivity index (χ1) is 15.6. The Morgan fingerprint density at radius 2 is 2.03 bits per heavy atom. The average molecular weight is 445 g/mol. The maximum absolute atomic E-state index is 12.6. The number of benzene rings is 2. The number of carbonyl (C=O) groups is 1. The highest BCUT2D eigenvalue weighted by Gasteiger charge is 2.33. The molecule has 5 rings (SSSR count). The number of fused-ring (bicyclic) bond motifs is 2. The topological polar surface area (TPSA) is 78.3 Å². The largest absolute Gasteiger partial charge is 0.497 e. The standard InChI is InChI=1S/C24H20N4O3S/c1-4-11-31-16-7-5-15(6-8-16)18-13-21(29)26-23-22(18)14(2)27-28(23)24-25-19-10-9-17(30-3)12-20(19)32-24/h1,5-10,12,18H,11,13H2,2-3H3,(H,26,29)/t18-/m1/s1. The molecule has 7 nitrogen and oxygen atoms in total. The fraction of sp³-hybridized carbons (Fsp3) is 0.208. The molecule has 32 heavy (non-hydrogen) atoms. The number of aromatic nitrogens is 3. The van der Waals surface area contributed by atoms with Crippen LogP contribution >= 0.6 is 11.3 Å². The average Bonchev–Trinajstić information content (AvgIpc) is 3.37. The molecular formula is C24H20N4O3S. The highest BCUT2D eigenvalue weighted by Crippen LogP contribution is 2.41. The van der Waals surface area contributed by atoms with Gasteiger partial charge in [0.2, 0.25) is 11.0 Å². The third kappa shape index (κ3) is 3.47. The lowest BCUT2D eigenvalue weighted by atomic mass is 9.86. The minimum atomic E-state index is -0.108. The third-order valence-corrected chi connectivity index (χ3v) is 6.47. The zero-order valence-electron chi connectivity index (χ0n) is 17.6. The lowest BCUT2D eigenvalue weighted by Crippen LogP contribution is -2.24. The van der Waals surface area contributed by atoms with Gasteiger partial charge in [-0.05, 0) is 42.8 Å². The summed E-state index contributed by atoms with van der Waals surface area (Å²) in [7, 11) is 1.64. The van der Waals surface area contributed by atoms with E-state index in [9.17, 15) is 4.79 Å². The van der Waals surface area contributed by atoms with Gasteiger partial charge in [-0.15, -0.1) is 6.42 Å². The van der Waals surface area contributed by atoms with Gasteiger partial charge in [-0.25, -0.2) is 4.98 Å². The van der Waals surface area contributed by atoms with Crippen LogP contribution in [0.2, 0.25) is 0 Å². The first kappa shape index (κ1) is 20.1. The summed E-state index contributed by atoms with van der Waals surface area (Å²) in [5.41, 5.74) is 3.73. The van der Waals surface area contributed by atoms with Gasteiger partial charge in [-0.1, -0.05) is 29.4 Å². The molecule has 0 saturated carbocycles. The van der Waals surface area contributed by atoms with Crippen LogP contribution in [-0.2, 0) is 4.79 Å². The fourth-order valence-electron chi connectivity index (χ4n) is 4.00. The predicted molar refractivity (Wildman–Crippen MR) is 124 cm³/mol. The summed E-state index contributed by atoms with van der Waals surface area (Å²) >= 11 is 1.50. The highest BCUT2D eigenvalue weighted by molar-refractivity contribution is 7.20. The normalized spacial score (nSPS) is 15.2. The SMILES string of the molecule is C#CCOc1ccc([C@H]2CC(=O)Nc3c2c(C)nn3-c2nc3ccc(OC)cc3s2)cc1. The lowest BCUT2D eigenvalue weighted by molar-refractivity contribution is -0.116. The van der Waals surface area contributed by atoms with Crippen LogP contribution in [0.4, 0.5) is 5.82 Å². The van der Waals surface area contributed by atoms with E-state index in [1.54, 1.807) is 11.8 Å². The van der Waals surface area contributed by atoms with Crippen molar-refractivity contribution in [3.05, 3.63) is 59.3 Å². The molecule has 0 fully saturated rings. The fourth-order valence-corrected chi connectivity index (χ4v) is 4.95. The Morgan fingerprint density at radius 3 is 2.78 bits per heavy atom. The molecule has 2 aromatic carbocycles. The minimum Gasteiger partial charge on any atom is -0.497 e. The van der Waals surface area contributed by atoms with E-state index in [1.807, 2.05) is 49.4 Å². The molecule has 0 unspecified atom stereocenters. The summed E-state index contributed by atoms with van der Waals surface area (Å²) < 4.78 is 13.5. The van der Waals surface area contributed by atoms with E-state index >= 15 is 0 Å². The predicted octanol–water partition coefficient (Wildman–Crippen LogP) is 4.29. The summed E-state index contributed by atoms with van der Waals surface area (Å²) in [6.45, 7) is 2.18. The Balaban J connectivity index is 1.56. The van der Waals surface area contributed by atoms with Crippen molar-refractivity contribution in [2.75, 3.05) is 19.0 Å². The van der Waals surface area contributed by atoms with Crippen LogP contribution < -0.4 is 14.8 Å². The van der Waals surface area contributed by atoms with Crippen molar-refractivity contribution in [3.63, 3.8) is 0 Å². The Labute approximate surface area is 189 Å². The van der Waals surface area contributed by atoms with Crippen LogP contribution in [0.3, 0.4) is 0 Å². The molecule has 0 spiro atoms. The van der Waals surface area contributed by atoms with Gasteiger partial charge >= 0.3 is 0 Å². The van der Waals surface area contributed by atoms with Crippen LogP contribution in [0.1, 0.15) is 29.2 Å². The number of methoxy groups -OCH3 is 1. The van der Waals surface area contributed by atoms with E-state index in [-0.39, 0.29) is 18.4 Å². The van der Waals surface area contributed by atoms with E-state index < -0.39 is 0 Å². The Bertz CT molecular complexity index is 1360. The van der Waals surface area contributed by atoms with Gasteiger partial charge in [0, 0.05) is 17.9 Å². The van der Waals surface area contributed by atoms with E-state index in [0.29, 0.717) is 23.1 Å². The zero-order chi connectivity index (χ0) is 22.2. The van der Waals surface area contributed by atoms with Crippen molar-refractivity contribution in [3.8, 4) is 29.0 Å². The van der Waals surface area contributed by atoms with E-state index in [1.165, 1.54) is 11.3 Å². The first-order valence-corrected chi connectivity index (χ1v) is 10.9. The van der Waals surface area contributed by atoms with Gasteiger partial charge in [0.05, 0.1) is 23.0 Å². The monoisotopic (exact) mass is 444 g/mol. The summed E-state index contributed by atoms with van der Waals surface area (Å²) in [4.78, 5) is 17.4. The van der Waals surface area contributed by atoms with Crippen LogP contribution in [-0.4, -0.2) is 34.4 Å². The van der Waals surface area contributed by atoms with Crippen LogP contribution in [0.25, 0.3) is 15.3 Å². The number of thiazole rings is 1. The molecule has 1 atom stereocenters. The first-order valence-electron chi connectivity index (χ1n) is 10.1. The Morgan fingerprint density at radius 1 is 1.25 bits per heavy atom. The van der Waals surface area contributed by atoms with Gasteiger partial charge in [0.15, 0.2) is 0 Å². The number of carbonyl (C=O) groups excluding carboxylic acids is 1. The number of hydrogen-bond acceptors (Lipinski definition) is 6. The molecule has 1 N–H and O–H groups in total. The summed E-state index contributed by atoms with van der Waals surface area (Å²) in [5.74, 6) is 4.43. The van der Waals surface area contributed by atoms with Gasteiger partial charge in [-0.3, -0.25) is 4.79 Å². The molecule has 2 aromatic heterocycles. The van der Waals surface area contributed by atoms with E-state index in [0.717, 1.165) is 32.8 Å². The van der Waals surface area contributed by atoms with Crippen LogP contribution in [0.15, 0.2) is 42.5 Å². The molecule has 160 valence electrons. The molecule has 3 heterocycles. The molecular weight excluding hydrogens is 424 g/mol. The minimum absolute atomic E-state index is 0.0564. The second kappa shape index (κ2) is 8.02. The lowest BCUT2D eigenvalue weighted by Gasteiger charge is -2.24. The van der Waals surface area contributed by atoms with Gasteiger partial charge in [-0.2, -0.15) is 9.78 Å². The van der Waals surface area contributed by atoms with Crippen molar-refractivity contribution in [2.45, 2.75) is 19.3 Å². The molecule has 1 aliphatic heterocycles. The molecule has 0 saturated heterocycles. The van der Waals surface area contributed by atoms with Crippen LogP contribution in [0, 0.1) is 19.3 Å². The second-order valence-corrected chi connectivity index (χ2v) is 8.47. The van der Waals surface area contributed by atoms with Gasteiger partial charge in [0.25, 0.3) is 0 Å². The van der Waals surface area contributed by atoms with E-state index in [4.69, 9.17) is 26.0 Å². The molecule has 1 aliphatic rings.